The monoisotopic (exact) mass is 295 g/mol. The highest BCUT2D eigenvalue weighted by Crippen LogP contribution is 2.25. The van der Waals surface area contributed by atoms with Gasteiger partial charge in [0.25, 0.3) is 0 Å². The van der Waals surface area contributed by atoms with Gasteiger partial charge in [0, 0.05) is 31.6 Å². The van der Waals surface area contributed by atoms with Crippen LogP contribution in [0.15, 0.2) is 29.2 Å². The van der Waals surface area contributed by atoms with Gasteiger partial charge < -0.3 is 5.32 Å². The van der Waals surface area contributed by atoms with E-state index in [1.54, 1.807) is 29.2 Å². The Labute approximate surface area is 118 Å². The summed E-state index contributed by atoms with van der Waals surface area (Å²) in [4.78, 5) is 16.4. The second-order valence-corrected chi connectivity index (χ2v) is 7.23. The molecule has 2 fully saturated rings. The van der Waals surface area contributed by atoms with Gasteiger partial charge in [0.2, 0.25) is 5.91 Å². The fraction of sp³-hybridized carbons (Fsp3) is 0.462. The van der Waals surface area contributed by atoms with E-state index in [2.05, 4.69) is 10.2 Å². The highest BCUT2D eigenvalue weighted by Gasteiger charge is 2.40. The minimum absolute atomic E-state index is 0.0304. The topological polar surface area (TPSA) is 69.7 Å². The first kappa shape index (κ1) is 13.5. The maximum absolute atomic E-state index is 12.4. The Hall–Kier alpha value is -1.44. The van der Waals surface area contributed by atoms with Crippen molar-refractivity contribution in [1.82, 2.24) is 10.2 Å². The third-order valence-electron chi connectivity index (χ3n) is 3.79. The second kappa shape index (κ2) is 4.83. The molecule has 2 heterocycles. The Bertz CT molecular complexity index is 644. The smallest absolute Gasteiger partial charge is 0.246 e. The maximum Gasteiger partial charge on any atom is 0.246 e. The molecular weight excluding hydrogens is 278 g/mol. The number of sulfone groups is 1. The van der Waals surface area contributed by atoms with Crippen molar-refractivity contribution in [1.29, 1.82) is 0 Å². The first-order chi connectivity index (χ1) is 9.47. The third kappa shape index (κ3) is 2.32. The van der Waals surface area contributed by atoms with E-state index < -0.39 is 9.84 Å². The molecular formula is C13H17N3O3S. The van der Waals surface area contributed by atoms with E-state index in [-0.39, 0.29) is 16.8 Å². The van der Waals surface area contributed by atoms with Gasteiger partial charge in [-0.1, -0.05) is 6.07 Å². The highest BCUT2D eigenvalue weighted by atomic mass is 32.2. The SMILES string of the molecule is CS(=O)(=O)c1cccc(N2CN3CCNCC3C2=O)c1. The van der Waals surface area contributed by atoms with Gasteiger partial charge in [0.15, 0.2) is 9.84 Å². The van der Waals surface area contributed by atoms with E-state index in [9.17, 15) is 13.2 Å². The molecule has 2 aliphatic heterocycles. The number of fused-ring (bicyclic) bond motifs is 1. The number of hydrogen-bond donors (Lipinski definition) is 1. The van der Waals surface area contributed by atoms with Gasteiger partial charge in [-0.05, 0) is 18.2 Å². The summed E-state index contributed by atoms with van der Waals surface area (Å²) in [5.41, 5.74) is 0.646. The molecule has 3 rings (SSSR count). The molecule has 7 heteroatoms. The van der Waals surface area contributed by atoms with Crippen LogP contribution in [0.1, 0.15) is 0 Å². The van der Waals surface area contributed by atoms with E-state index in [1.165, 1.54) is 6.26 Å². The Balaban J connectivity index is 1.92. The molecule has 0 radical (unpaired) electrons. The molecule has 1 unspecified atom stereocenters. The van der Waals surface area contributed by atoms with Crippen molar-refractivity contribution in [3.8, 4) is 0 Å². The molecule has 0 spiro atoms. The summed E-state index contributed by atoms with van der Waals surface area (Å²) in [6.07, 6.45) is 1.17. The largest absolute Gasteiger partial charge is 0.313 e. The molecule has 1 atom stereocenters. The summed E-state index contributed by atoms with van der Waals surface area (Å²) < 4.78 is 23.2. The van der Waals surface area contributed by atoms with Gasteiger partial charge in [-0.3, -0.25) is 14.6 Å². The number of nitrogens with one attached hydrogen (secondary N) is 1. The van der Waals surface area contributed by atoms with E-state index in [4.69, 9.17) is 0 Å². The quantitative estimate of drug-likeness (QED) is 0.809. The van der Waals surface area contributed by atoms with Gasteiger partial charge >= 0.3 is 0 Å². The fourth-order valence-electron chi connectivity index (χ4n) is 2.68. The van der Waals surface area contributed by atoms with Crippen molar-refractivity contribution in [2.45, 2.75) is 10.9 Å². The van der Waals surface area contributed by atoms with Crippen molar-refractivity contribution in [2.75, 3.05) is 37.5 Å². The third-order valence-corrected chi connectivity index (χ3v) is 4.90. The van der Waals surface area contributed by atoms with Crippen LogP contribution >= 0.6 is 0 Å². The average molecular weight is 295 g/mol. The van der Waals surface area contributed by atoms with Gasteiger partial charge in [-0.2, -0.15) is 0 Å². The molecule has 0 aromatic heterocycles. The zero-order chi connectivity index (χ0) is 14.3. The number of piperazine rings is 1. The van der Waals surface area contributed by atoms with Crippen LogP contribution in [0.25, 0.3) is 0 Å². The van der Waals surface area contributed by atoms with E-state index in [1.807, 2.05) is 0 Å². The van der Waals surface area contributed by atoms with Crippen molar-refractivity contribution in [2.24, 2.45) is 0 Å². The molecule has 2 aliphatic rings. The lowest BCUT2D eigenvalue weighted by atomic mass is 10.2. The van der Waals surface area contributed by atoms with Crippen LogP contribution < -0.4 is 10.2 Å². The molecule has 1 amide bonds. The fourth-order valence-corrected chi connectivity index (χ4v) is 3.34. The predicted octanol–water partition coefficient (Wildman–Crippen LogP) is -0.332. The molecule has 1 aromatic carbocycles. The van der Waals surface area contributed by atoms with Crippen LogP contribution in [0.2, 0.25) is 0 Å². The summed E-state index contributed by atoms with van der Waals surface area (Å²) in [5, 5.41) is 3.21. The molecule has 108 valence electrons. The Kier molecular flexibility index (Phi) is 3.27. The Morgan fingerprint density at radius 1 is 1.35 bits per heavy atom. The summed E-state index contributed by atoms with van der Waals surface area (Å²) >= 11 is 0. The van der Waals surface area contributed by atoms with Gasteiger partial charge in [0.1, 0.15) is 6.04 Å². The lowest BCUT2D eigenvalue weighted by molar-refractivity contribution is -0.120. The maximum atomic E-state index is 12.4. The summed E-state index contributed by atoms with van der Waals surface area (Å²) in [5.74, 6) is 0.0304. The molecule has 2 saturated heterocycles. The predicted molar refractivity (Wildman–Crippen MR) is 75.3 cm³/mol. The van der Waals surface area contributed by atoms with Crippen molar-refractivity contribution in [3.63, 3.8) is 0 Å². The molecule has 1 N–H and O–H groups in total. The van der Waals surface area contributed by atoms with Crippen LogP contribution in [-0.2, 0) is 14.6 Å². The van der Waals surface area contributed by atoms with Gasteiger partial charge in [-0.25, -0.2) is 8.42 Å². The summed E-state index contributed by atoms with van der Waals surface area (Å²) in [6, 6.07) is 6.44. The summed E-state index contributed by atoms with van der Waals surface area (Å²) in [7, 11) is -3.26. The molecule has 0 saturated carbocycles. The minimum Gasteiger partial charge on any atom is -0.313 e. The summed E-state index contributed by atoms with van der Waals surface area (Å²) in [6.45, 7) is 2.89. The van der Waals surface area contributed by atoms with Crippen molar-refractivity contribution >= 4 is 21.4 Å². The first-order valence-electron chi connectivity index (χ1n) is 6.53. The van der Waals surface area contributed by atoms with E-state index in [0.29, 0.717) is 18.9 Å². The Morgan fingerprint density at radius 3 is 2.85 bits per heavy atom. The zero-order valence-corrected chi connectivity index (χ0v) is 12.1. The second-order valence-electron chi connectivity index (χ2n) is 5.21. The van der Waals surface area contributed by atoms with Gasteiger partial charge in [-0.15, -0.1) is 0 Å². The molecule has 1 aromatic rings. The number of nitrogens with zero attached hydrogens (tertiary/aromatic N) is 2. The average Bonchev–Trinajstić information content (AvgIpc) is 2.76. The van der Waals surface area contributed by atoms with Crippen molar-refractivity contribution in [3.05, 3.63) is 24.3 Å². The van der Waals surface area contributed by atoms with Crippen LogP contribution in [0.4, 0.5) is 5.69 Å². The number of benzene rings is 1. The number of rotatable bonds is 2. The van der Waals surface area contributed by atoms with Crippen LogP contribution in [-0.4, -0.2) is 57.8 Å². The number of hydrogen-bond acceptors (Lipinski definition) is 5. The minimum atomic E-state index is -3.26. The number of anilines is 1. The first-order valence-corrected chi connectivity index (χ1v) is 8.42. The highest BCUT2D eigenvalue weighted by molar-refractivity contribution is 7.90. The number of carbonyl (C=O) groups excluding carboxylic acids is 1. The van der Waals surface area contributed by atoms with Gasteiger partial charge in [0.05, 0.1) is 11.6 Å². The number of amides is 1. The lowest BCUT2D eigenvalue weighted by Crippen LogP contribution is -2.50. The van der Waals surface area contributed by atoms with E-state index in [0.717, 1.165) is 13.1 Å². The molecule has 0 bridgehead atoms. The lowest BCUT2D eigenvalue weighted by Gasteiger charge is -2.26. The van der Waals surface area contributed by atoms with Crippen LogP contribution in [0, 0.1) is 0 Å². The molecule has 6 nitrogen and oxygen atoms in total. The van der Waals surface area contributed by atoms with E-state index >= 15 is 0 Å². The zero-order valence-electron chi connectivity index (χ0n) is 11.2. The molecule has 0 aliphatic carbocycles. The van der Waals surface area contributed by atoms with Crippen LogP contribution in [0.3, 0.4) is 0 Å². The van der Waals surface area contributed by atoms with Crippen molar-refractivity contribution < 1.29 is 13.2 Å². The number of carbonyl (C=O) groups is 1. The standard InChI is InChI=1S/C13H17N3O3S/c1-20(18,19)11-4-2-3-10(7-11)16-9-15-6-5-14-8-12(15)13(16)17/h2-4,7,12,14H,5-6,8-9H2,1H3. The normalized spacial score (nSPS) is 23.9. The van der Waals surface area contributed by atoms with Crippen LogP contribution in [0.5, 0.6) is 0 Å². The molecule has 20 heavy (non-hydrogen) atoms. The Morgan fingerprint density at radius 2 is 2.15 bits per heavy atom.